The molecule has 2 aromatic carbocycles. The zero-order valence-corrected chi connectivity index (χ0v) is 18.2. The van der Waals surface area contributed by atoms with Gasteiger partial charge in [-0.15, -0.1) is 0 Å². The van der Waals surface area contributed by atoms with Crippen LogP contribution in [0.25, 0.3) is 11.0 Å². The Hall–Kier alpha value is -3.68. The van der Waals surface area contributed by atoms with Gasteiger partial charge < -0.3 is 28.7 Å². The lowest BCUT2D eigenvalue weighted by molar-refractivity contribution is -0.120. The summed E-state index contributed by atoms with van der Waals surface area (Å²) in [6.07, 6.45) is -0.127. The molecule has 31 heavy (non-hydrogen) atoms. The molecule has 3 rings (SSSR count). The maximum Gasteiger partial charge on any atom is 0.340 e. The van der Waals surface area contributed by atoms with E-state index >= 15 is 0 Å². The Morgan fingerprint density at radius 2 is 1.61 bits per heavy atom. The quantitative estimate of drug-likeness (QED) is 0.552. The molecule has 1 aromatic heterocycles. The molecule has 0 saturated carbocycles. The van der Waals surface area contributed by atoms with E-state index in [9.17, 15) is 9.59 Å². The molecule has 0 spiro atoms. The fourth-order valence-electron chi connectivity index (χ4n) is 3.38. The number of carbonyl (C=O) groups excluding carboxylic acids is 1. The molecule has 0 radical (unpaired) electrons. The number of fused-ring (bicyclic) bond motifs is 1. The summed E-state index contributed by atoms with van der Waals surface area (Å²) in [4.78, 5) is 25.2. The third-order valence-corrected chi connectivity index (χ3v) is 5.08. The molecule has 0 aliphatic rings. The summed E-state index contributed by atoms with van der Waals surface area (Å²) < 4.78 is 26.6. The molecule has 8 nitrogen and oxygen atoms in total. The average molecular weight is 427 g/mol. The van der Waals surface area contributed by atoms with Gasteiger partial charge in [0.1, 0.15) is 28.6 Å². The van der Waals surface area contributed by atoms with E-state index in [1.54, 1.807) is 45.4 Å². The third-order valence-electron chi connectivity index (χ3n) is 5.08. The standard InChI is InChI=1S/C23H25NO7/c1-13-17(23(26)31-20-10-16(28-3)9-19(30-5)22(13)20)11-21(25)24-12-14-6-7-15(27-2)8-18(14)29-4/h6-10H,11-12H2,1-5H3,(H,24,25). The summed E-state index contributed by atoms with van der Waals surface area (Å²) in [6.45, 7) is 2.01. The lowest BCUT2D eigenvalue weighted by Gasteiger charge is -2.13. The minimum absolute atomic E-state index is 0.127. The predicted octanol–water partition coefficient (Wildman–Crippen LogP) is 2.99. The summed E-state index contributed by atoms with van der Waals surface area (Å²) in [5.41, 5.74) is 1.45. The Morgan fingerprint density at radius 3 is 2.26 bits per heavy atom. The number of hydrogen-bond donors (Lipinski definition) is 1. The van der Waals surface area contributed by atoms with Crippen molar-refractivity contribution >= 4 is 16.9 Å². The second-order valence-electron chi connectivity index (χ2n) is 6.83. The Balaban J connectivity index is 1.85. The Kier molecular flexibility index (Phi) is 6.69. The maximum absolute atomic E-state index is 12.6. The minimum atomic E-state index is -0.572. The van der Waals surface area contributed by atoms with E-state index in [4.69, 9.17) is 23.4 Å². The van der Waals surface area contributed by atoms with E-state index in [1.807, 2.05) is 6.07 Å². The van der Waals surface area contributed by atoms with Gasteiger partial charge in [-0.2, -0.15) is 0 Å². The molecule has 0 atom stereocenters. The first-order valence-electron chi connectivity index (χ1n) is 9.57. The predicted molar refractivity (Wildman–Crippen MR) is 115 cm³/mol. The van der Waals surface area contributed by atoms with Crippen LogP contribution in [0.5, 0.6) is 23.0 Å². The SMILES string of the molecule is COc1ccc(CNC(=O)Cc2c(C)c3c(OC)cc(OC)cc3oc2=O)c(OC)c1. The van der Waals surface area contributed by atoms with Crippen LogP contribution in [0.15, 0.2) is 39.5 Å². The Labute approximate surface area is 179 Å². The summed E-state index contributed by atoms with van der Waals surface area (Å²) in [7, 11) is 6.15. The number of hydrogen-bond acceptors (Lipinski definition) is 7. The average Bonchev–Trinajstić information content (AvgIpc) is 2.79. The van der Waals surface area contributed by atoms with Gasteiger partial charge in [0.25, 0.3) is 0 Å². The van der Waals surface area contributed by atoms with Gasteiger partial charge in [0.05, 0.1) is 45.8 Å². The van der Waals surface area contributed by atoms with E-state index in [0.717, 1.165) is 5.56 Å². The van der Waals surface area contributed by atoms with Crippen LogP contribution < -0.4 is 29.9 Å². The molecular formula is C23H25NO7. The van der Waals surface area contributed by atoms with E-state index in [2.05, 4.69) is 5.32 Å². The second-order valence-corrected chi connectivity index (χ2v) is 6.83. The first-order valence-corrected chi connectivity index (χ1v) is 9.57. The van der Waals surface area contributed by atoms with Crippen molar-refractivity contribution in [1.29, 1.82) is 0 Å². The van der Waals surface area contributed by atoms with E-state index in [-0.39, 0.29) is 24.4 Å². The van der Waals surface area contributed by atoms with Crippen LogP contribution in [0.2, 0.25) is 0 Å². The number of carbonyl (C=O) groups is 1. The zero-order valence-electron chi connectivity index (χ0n) is 18.2. The second kappa shape index (κ2) is 9.42. The number of rotatable bonds is 8. The zero-order chi connectivity index (χ0) is 22.5. The van der Waals surface area contributed by atoms with E-state index in [0.29, 0.717) is 39.5 Å². The van der Waals surface area contributed by atoms with Crippen molar-refractivity contribution < 1.29 is 28.2 Å². The fourth-order valence-corrected chi connectivity index (χ4v) is 3.38. The van der Waals surface area contributed by atoms with E-state index in [1.165, 1.54) is 14.2 Å². The van der Waals surface area contributed by atoms with Crippen LogP contribution in [0.3, 0.4) is 0 Å². The fraction of sp³-hybridized carbons (Fsp3) is 0.304. The molecule has 8 heteroatoms. The molecule has 164 valence electrons. The summed E-state index contributed by atoms with van der Waals surface area (Å²) >= 11 is 0. The highest BCUT2D eigenvalue weighted by molar-refractivity contribution is 5.90. The maximum atomic E-state index is 12.6. The number of nitrogens with one attached hydrogen (secondary N) is 1. The molecule has 1 N–H and O–H groups in total. The van der Waals surface area contributed by atoms with Crippen molar-refractivity contribution in [3.8, 4) is 23.0 Å². The molecular weight excluding hydrogens is 402 g/mol. The first-order chi connectivity index (χ1) is 14.9. The lowest BCUT2D eigenvalue weighted by atomic mass is 10.0. The van der Waals surface area contributed by atoms with Crippen molar-refractivity contribution in [2.75, 3.05) is 28.4 Å². The van der Waals surface area contributed by atoms with E-state index < -0.39 is 5.63 Å². The van der Waals surface area contributed by atoms with Gasteiger partial charge in [-0.3, -0.25) is 4.79 Å². The minimum Gasteiger partial charge on any atom is -0.497 e. The van der Waals surface area contributed by atoms with Gasteiger partial charge in [-0.25, -0.2) is 4.79 Å². The van der Waals surface area contributed by atoms with Gasteiger partial charge >= 0.3 is 5.63 Å². The van der Waals surface area contributed by atoms with Gasteiger partial charge in [0.2, 0.25) is 5.91 Å². The number of methoxy groups -OCH3 is 4. The first kappa shape index (κ1) is 22.0. The molecule has 0 aliphatic carbocycles. The highest BCUT2D eigenvalue weighted by atomic mass is 16.5. The molecule has 1 amide bonds. The van der Waals surface area contributed by atoms with Gasteiger partial charge in [-0.05, 0) is 24.6 Å². The molecule has 1 heterocycles. The van der Waals surface area contributed by atoms with Crippen molar-refractivity contribution in [3.63, 3.8) is 0 Å². The van der Waals surface area contributed by atoms with Crippen LogP contribution in [0, 0.1) is 6.92 Å². The molecule has 0 bridgehead atoms. The van der Waals surface area contributed by atoms with Crippen LogP contribution in [0.1, 0.15) is 16.7 Å². The van der Waals surface area contributed by atoms with Gasteiger partial charge in [-0.1, -0.05) is 0 Å². The highest BCUT2D eigenvalue weighted by Crippen LogP contribution is 2.33. The van der Waals surface area contributed by atoms with Crippen LogP contribution in [-0.2, 0) is 17.8 Å². The third kappa shape index (κ3) is 4.58. The molecule has 0 aliphatic heterocycles. The largest absolute Gasteiger partial charge is 0.497 e. The summed E-state index contributed by atoms with van der Waals surface area (Å²) in [6, 6.07) is 8.66. The van der Waals surface area contributed by atoms with Crippen molar-refractivity contribution in [2.45, 2.75) is 19.9 Å². The van der Waals surface area contributed by atoms with Crippen molar-refractivity contribution in [2.24, 2.45) is 0 Å². The Bertz CT molecular complexity index is 1170. The van der Waals surface area contributed by atoms with Crippen molar-refractivity contribution in [3.05, 3.63) is 57.4 Å². The smallest absolute Gasteiger partial charge is 0.340 e. The summed E-state index contributed by atoms with van der Waals surface area (Å²) in [5.74, 6) is 1.94. The number of aryl methyl sites for hydroxylation is 1. The van der Waals surface area contributed by atoms with Crippen LogP contribution in [0.4, 0.5) is 0 Å². The number of amides is 1. The molecule has 0 saturated heterocycles. The van der Waals surface area contributed by atoms with Gasteiger partial charge in [0, 0.05) is 30.3 Å². The van der Waals surface area contributed by atoms with Crippen LogP contribution >= 0.6 is 0 Å². The summed E-state index contributed by atoms with van der Waals surface area (Å²) in [5, 5.41) is 3.44. The highest BCUT2D eigenvalue weighted by Gasteiger charge is 2.19. The van der Waals surface area contributed by atoms with Crippen molar-refractivity contribution in [1.82, 2.24) is 5.32 Å². The molecule has 0 fully saturated rings. The Morgan fingerprint density at radius 1 is 0.935 bits per heavy atom. The number of benzene rings is 2. The number of ether oxygens (including phenoxy) is 4. The topological polar surface area (TPSA) is 96.2 Å². The molecule has 0 unspecified atom stereocenters. The van der Waals surface area contributed by atoms with Gasteiger partial charge in [0.15, 0.2) is 0 Å². The molecule has 3 aromatic rings. The monoisotopic (exact) mass is 427 g/mol. The normalized spacial score (nSPS) is 10.6. The van der Waals surface area contributed by atoms with Crippen LogP contribution in [-0.4, -0.2) is 34.3 Å². The lowest BCUT2D eigenvalue weighted by Crippen LogP contribution is -2.27.